The van der Waals surface area contributed by atoms with Crippen molar-refractivity contribution in [1.82, 2.24) is 9.66 Å². The van der Waals surface area contributed by atoms with Crippen LogP contribution >= 0.6 is 0 Å². The van der Waals surface area contributed by atoms with Gasteiger partial charge >= 0.3 is 0 Å². The molecule has 0 saturated carbocycles. The molecule has 0 atom stereocenters. The zero-order valence-electron chi connectivity index (χ0n) is 14.6. The van der Waals surface area contributed by atoms with Crippen molar-refractivity contribution in [3.05, 3.63) is 70.3 Å². The number of anilines is 1. The van der Waals surface area contributed by atoms with Crippen molar-refractivity contribution < 1.29 is 9.47 Å². The number of benzene rings is 2. The van der Waals surface area contributed by atoms with Crippen LogP contribution in [0.4, 0.5) is 5.69 Å². The first-order valence-corrected chi connectivity index (χ1v) is 8.53. The highest BCUT2D eigenvalue weighted by atomic mass is 16.7. The lowest BCUT2D eigenvalue weighted by molar-refractivity contribution is 0.174. The van der Waals surface area contributed by atoms with E-state index in [-0.39, 0.29) is 6.79 Å². The van der Waals surface area contributed by atoms with E-state index in [2.05, 4.69) is 0 Å². The highest BCUT2D eigenvalue weighted by Crippen LogP contribution is 2.37. The summed E-state index contributed by atoms with van der Waals surface area (Å²) >= 11 is 0. The fraction of sp³-hybridized carbons (Fsp3) is 0.200. The summed E-state index contributed by atoms with van der Waals surface area (Å²) in [5.74, 6) is 2.44. The number of fused-ring (bicyclic) bond motifs is 3. The maximum absolute atomic E-state index is 5.87. The fourth-order valence-corrected chi connectivity index (χ4v) is 3.45. The predicted molar refractivity (Wildman–Crippen MR) is 99.0 cm³/mol. The molecule has 2 aliphatic rings. The van der Waals surface area contributed by atoms with E-state index in [0.29, 0.717) is 6.42 Å². The average molecular weight is 346 g/mol. The summed E-state index contributed by atoms with van der Waals surface area (Å²) in [7, 11) is 0. The van der Waals surface area contributed by atoms with E-state index >= 15 is 0 Å². The van der Waals surface area contributed by atoms with Gasteiger partial charge in [0.1, 0.15) is 5.82 Å². The molecule has 0 saturated heterocycles. The van der Waals surface area contributed by atoms with Crippen molar-refractivity contribution in [2.24, 2.45) is 5.10 Å². The van der Waals surface area contributed by atoms with Crippen molar-refractivity contribution >= 4 is 11.4 Å². The van der Waals surface area contributed by atoms with Gasteiger partial charge in [0.2, 0.25) is 6.79 Å². The number of nitrogen functional groups attached to an aromatic ring is 1. The van der Waals surface area contributed by atoms with Gasteiger partial charge in [-0.05, 0) is 43.7 Å². The third-order valence-corrected chi connectivity index (χ3v) is 4.97. The molecular formula is C20H18N4O2. The molecule has 0 amide bonds. The Bertz CT molecular complexity index is 1060. The van der Waals surface area contributed by atoms with Gasteiger partial charge in [-0.25, -0.2) is 9.66 Å². The number of aryl methyl sites for hydroxylation is 1. The molecule has 26 heavy (non-hydrogen) atoms. The first-order valence-electron chi connectivity index (χ1n) is 8.53. The monoisotopic (exact) mass is 346 g/mol. The molecule has 0 spiro atoms. The predicted octanol–water partition coefficient (Wildman–Crippen LogP) is 3.02. The van der Waals surface area contributed by atoms with Crippen LogP contribution in [-0.4, -0.2) is 22.2 Å². The average Bonchev–Trinajstić information content (AvgIpc) is 3.14. The molecule has 6 nitrogen and oxygen atoms in total. The molecule has 1 aromatic heterocycles. The van der Waals surface area contributed by atoms with Crippen molar-refractivity contribution in [3.63, 3.8) is 0 Å². The lowest BCUT2D eigenvalue weighted by Gasteiger charge is -2.11. The number of hydrogen-bond donors (Lipinski definition) is 1. The van der Waals surface area contributed by atoms with Crippen molar-refractivity contribution in [3.8, 4) is 11.5 Å². The molecule has 0 radical (unpaired) electrons. The van der Waals surface area contributed by atoms with Crippen LogP contribution in [0, 0.1) is 13.8 Å². The smallest absolute Gasteiger partial charge is 0.231 e. The van der Waals surface area contributed by atoms with Gasteiger partial charge < -0.3 is 15.2 Å². The van der Waals surface area contributed by atoms with E-state index in [9.17, 15) is 0 Å². The third kappa shape index (κ3) is 2.19. The highest BCUT2D eigenvalue weighted by Gasteiger charge is 2.25. The van der Waals surface area contributed by atoms with Gasteiger partial charge in [0, 0.05) is 23.2 Å². The minimum atomic E-state index is 0.249. The first-order chi connectivity index (χ1) is 12.6. The van der Waals surface area contributed by atoms with Gasteiger partial charge in [0.25, 0.3) is 0 Å². The molecule has 0 bridgehead atoms. The molecule has 3 heterocycles. The standard InChI is InChI=1S/C20H18N4O2/c1-11-12(2)24-19(22-11)8-14-7-17-18(26-10-25-17)9-16(14)20(23-24)13-3-5-15(21)6-4-13/h3-7,9H,8,10,21H2,1-2H3. The number of hydrogen-bond acceptors (Lipinski definition) is 5. The van der Waals surface area contributed by atoms with Crippen LogP contribution in [0.15, 0.2) is 41.5 Å². The zero-order chi connectivity index (χ0) is 17.8. The zero-order valence-corrected chi connectivity index (χ0v) is 14.6. The summed E-state index contributed by atoms with van der Waals surface area (Å²) in [6.07, 6.45) is 0.683. The Balaban J connectivity index is 1.79. The van der Waals surface area contributed by atoms with E-state index in [0.717, 1.165) is 56.8 Å². The normalized spacial score (nSPS) is 14.5. The summed E-state index contributed by atoms with van der Waals surface area (Å²) in [6.45, 7) is 4.30. The van der Waals surface area contributed by atoms with Gasteiger partial charge in [0.05, 0.1) is 17.1 Å². The Morgan fingerprint density at radius 1 is 1.04 bits per heavy atom. The SMILES string of the molecule is Cc1nc2n(c1C)N=C(c1ccc(N)cc1)c1cc3c(cc1C2)OCO3. The second-order valence-electron chi connectivity index (χ2n) is 6.62. The number of nitrogens with two attached hydrogens (primary N) is 1. The molecule has 0 fully saturated rings. The molecule has 3 aromatic rings. The first kappa shape index (κ1) is 15.0. The number of aromatic nitrogens is 2. The van der Waals surface area contributed by atoms with E-state index in [1.54, 1.807) is 0 Å². The molecule has 0 unspecified atom stereocenters. The molecule has 5 rings (SSSR count). The summed E-state index contributed by atoms with van der Waals surface area (Å²) in [5, 5.41) is 4.96. The third-order valence-electron chi connectivity index (χ3n) is 4.97. The van der Waals surface area contributed by atoms with Gasteiger partial charge in [-0.15, -0.1) is 0 Å². The van der Waals surface area contributed by atoms with E-state index < -0.39 is 0 Å². The maximum atomic E-state index is 5.87. The maximum Gasteiger partial charge on any atom is 0.231 e. The highest BCUT2D eigenvalue weighted by molar-refractivity contribution is 6.14. The Morgan fingerprint density at radius 2 is 1.77 bits per heavy atom. The van der Waals surface area contributed by atoms with E-state index in [1.807, 2.05) is 54.9 Å². The van der Waals surface area contributed by atoms with Crippen LogP contribution in [0.25, 0.3) is 0 Å². The molecular weight excluding hydrogens is 328 g/mol. The van der Waals surface area contributed by atoms with Crippen molar-refractivity contribution in [2.45, 2.75) is 20.3 Å². The van der Waals surface area contributed by atoms with Crippen LogP contribution in [0.2, 0.25) is 0 Å². The summed E-state index contributed by atoms with van der Waals surface area (Å²) in [6, 6.07) is 11.8. The molecule has 2 aliphatic heterocycles. The summed E-state index contributed by atoms with van der Waals surface area (Å²) in [5.41, 5.74) is 12.6. The second-order valence-corrected chi connectivity index (χ2v) is 6.62. The molecule has 2 aromatic carbocycles. The minimum Gasteiger partial charge on any atom is -0.454 e. The Kier molecular flexibility index (Phi) is 3.09. The Labute approximate surface area is 150 Å². The van der Waals surface area contributed by atoms with Gasteiger partial charge in [-0.2, -0.15) is 5.10 Å². The van der Waals surface area contributed by atoms with Gasteiger partial charge in [0.15, 0.2) is 11.5 Å². The van der Waals surface area contributed by atoms with E-state index in [4.69, 9.17) is 25.3 Å². The summed E-state index contributed by atoms with van der Waals surface area (Å²) < 4.78 is 13.1. The van der Waals surface area contributed by atoms with Gasteiger partial charge in [-0.3, -0.25) is 0 Å². The van der Waals surface area contributed by atoms with Crippen LogP contribution in [-0.2, 0) is 6.42 Å². The topological polar surface area (TPSA) is 74.7 Å². The number of ether oxygens (including phenoxy) is 2. The minimum absolute atomic E-state index is 0.249. The van der Waals surface area contributed by atoms with Crippen molar-refractivity contribution in [2.75, 3.05) is 12.5 Å². The lowest BCUT2D eigenvalue weighted by Crippen LogP contribution is -2.08. The molecule has 0 aliphatic carbocycles. The molecule has 2 N–H and O–H groups in total. The van der Waals surface area contributed by atoms with Crippen LogP contribution in [0.3, 0.4) is 0 Å². The van der Waals surface area contributed by atoms with E-state index in [1.165, 1.54) is 0 Å². The van der Waals surface area contributed by atoms with Crippen LogP contribution in [0.1, 0.15) is 33.9 Å². The molecule has 6 heteroatoms. The van der Waals surface area contributed by atoms with Crippen molar-refractivity contribution in [1.29, 1.82) is 0 Å². The number of nitrogens with zero attached hydrogens (tertiary/aromatic N) is 3. The van der Waals surface area contributed by atoms with Crippen LogP contribution < -0.4 is 15.2 Å². The number of imidazole rings is 1. The quantitative estimate of drug-likeness (QED) is 0.538. The summed E-state index contributed by atoms with van der Waals surface area (Å²) in [4.78, 5) is 4.71. The Morgan fingerprint density at radius 3 is 2.54 bits per heavy atom. The Hall–Kier alpha value is -3.28. The largest absolute Gasteiger partial charge is 0.454 e. The van der Waals surface area contributed by atoms with Crippen LogP contribution in [0.5, 0.6) is 11.5 Å². The fourth-order valence-electron chi connectivity index (χ4n) is 3.45. The lowest BCUT2D eigenvalue weighted by atomic mass is 9.95. The number of rotatable bonds is 1. The second kappa shape index (κ2) is 5.36. The van der Waals surface area contributed by atoms with Gasteiger partial charge in [-0.1, -0.05) is 12.1 Å². The molecule has 130 valence electrons.